The molecule has 0 unspecified atom stereocenters. The minimum atomic E-state index is -0.595. The molecule has 4 aromatic rings. The predicted octanol–water partition coefficient (Wildman–Crippen LogP) is 4.50. The molecule has 0 bridgehead atoms. The molecule has 0 spiro atoms. The molecule has 1 amide bonds. The van der Waals surface area contributed by atoms with Crippen molar-refractivity contribution in [2.75, 3.05) is 27.0 Å². The highest BCUT2D eigenvalue weighted by atomic mass is 16.9. The number of imidazole rings is 2. The van der Waals surface area contributed by atoms with Gasteiger partial charge in [-0.05, 0) is 61.4 Å². The van der Waals surface area contributed by atoms with E-state index in [1.165, 1.54) is 6.42 Å². The van der Waals surface area contributed by atoms with Crippen molar-refractivity contribution in [3.8, 4) is 33.6 Å². The van der Waals surface area contributed by atoms with Crippen molar-refractivity contribution in [3.05, 3.63) is 72.6 Å². The second-order valence-electron chi connectivity index (χ2n) is 11.7. The molecular weight excluding hydrogens is 558 g/mol. The van der Waals surface area contributed by atoms with Crippen LogP contribution < -0.4 is 10.6 Å². The van der Waals surface area contributed by atoms with Crippen LogP contribution >= 0.6 is 0 Å². The third-order valence-electron chi connectivity index (χ3n) is 9.02. The molecule has 2 aromatic heterocycles. The number of aromatic amines is 2. The summed E-state index contributed by atoms with van der Waals surface area (Å²) in [5.74, 6) is 1.76. The van der Waals surface area contributed by atoms with E-state index in [1.54, 1.807) is 7.11 Å². The summed E-state index contributed by atoms with van der Waals surface area (Å²) in [7, 11) is 1.60. The normalized spacial score (nSPS) is 21.8. The molecule has 3 fully saturated rings. The SMILES string of the molecule is CO[C@H](C)[C@H](NC1OCO1)C(=O)N1CCC[C@H]1c1ncc(-c2ccc(-c3ccc(-c4cnc([C@@H]5CCCN5)[nH]4)cc3)cc2)[nH]1. The lowest BCUT2D eigenvalue weighted by Gasteiger charge is -2.35. The second-order valence-corrected chi connectivity index (χ2v) is 11.7. The minimum Gasteiger partial charge on any atom is -0.380 e. The van der Waals surface area contributed by atoms with Crippen LogP contribution in [0.25, 0.3) is 33.6 Å². The molecule has 4 N–H and O–H groups in total. The van der Waals surface area contributed by atoms with Gasteiger partial charge in [-0.1, -0.05) is 48.5 Å². The van der Waals surface area contributed by atoms with Gasteiger partial charge in [-0.15, -0.1) is 0 Å². The molecule has 230 valence electrons. The fourth-order valence-electron chi connectivity index (χ4n) is 6.33. The van der Waals surface area contributed by atoms with Crippen LogP contribution in [0.3, 0.4) is 0 Å². The van der Waals surface area contributed by atoms with Crippen LogP contribution in [0.1, 0.15) is 56.3 Å². The molecule has 3 saturated heterocycles. The summed E-state index contributed by atoms with van der Waals surface area (Å²) in [6, 6.07) is 16.6. The van der Waals surface area contributed by atoms with Gasteiger partial charge in [-0.2, -0.15) is 0 Å². The number of hydrogen-bond donors (Lipinski definition) is 4. The number of ether oxygens (including phenoxy) is 3. The van der Waals surface area contributed by atoms with E-state index >= 15 is 0 Å². The Balaban J connectivity index is 1.02. The standard InChI is InChI=1S/C33H39N7O4/c1-20(42-2)29(39-33-43-19-44-33)32(41)40-16-4-6-28(40)31-36-18-27(38-31)24-13-9-22(10-14-24)21-7-11-23(12-8-21)26-17-35-30(37-26)25-5-3-15-34-25/h7-14,17-18,20,25,28-29,33-34,39H,3-6,15-16,19H2,1-2H3,(H,35,37)(H,36,38)/t20-,25+,28+,29+/m1/s1. The Kier molecular flexibility index (Phi) is 8.28. The van der Waals surface area contributed by atoms with Crippen molar-refractivity contribution in [2.45, 2.75) is 63.3 Å². The first-order valence-electron chi connectivity index (χ1n) is 15.4. The van der Waals surface area contributed by atoms with Gasteiger partial charge < -0.3 is 34.4 Å². The third-order valence-corrected chi connectivity index (χ3v) is 9.02. The maximum atomic E-state index is 13.6. The predicted molar refractivity (Wildman–Crippen MR) is 165 cm³/mol. The van der Waals surface area contributed by atoms with Gasteiger partial charge in [0.1, 0.15) is 17.7 Å². The van der Waals surface area contributed by atoms with Crippen molar-refractivity contribution in [1.29, 1.82) is 0 Å². The number of benzene rings is 2. The summed E-state index contributed by atoms with van der Waals surface area (Å²) < 4.78 is 16.2. The highest BCUT2D eigenvalue weighted by Gasteiger charge is 2.39. The molecule has 44 heavy (non-hydrogen) atoms. The van der Waals surface area contributed by atoms with E-state index in [2.05, 4.69) is 74.1 Å². The Hall–Kier alpha value is -3.87. The molecule has 0 aliphatic carbocycles. The third kappa shape index (κ3) is 5.81. The molecular formula is C33H39N7O4. The Morgan fingerprint density at radius 3 is 2.09 bits per heavy atom. The fraction of sp³-hybridized carbons (Fsp3) is 0.424. The van der Waals surface area contributed by atoms with E-state index < -0.39 is 12.5 Å². The first kappa shape index (κ1) is 28.9. The molecule has 3 aliphatic rings. The first-order valence-corrected chi connectivity index (χ1v) is 15.4. The van der Waals surface area contributed by atoms with E-state index in [9.17, 15) is 4.79 Å². The first-order chi connectivity index (χ1) is 21.6. The van der Waals surface area contributed by atoms with Crippen LogP contribution in [0.4, 0.5) is 0 Å². The topological polar surface area (TPSA) is 129 Å². The quantitative estimate of drug-likeness (QED) is 0.210. The maximum Gasteiger partial charge on any atom is 0.243 e. The van der Waals surface area contributed by atoms with E-state index in [0.717, 1.165) is 71.1 Å². The molecule has 3 aliphatic heterocycles. The molecule has 0 radical (unpaired) electrons. The van der Waals surface area contributed by atoms with Gasteiger partial charge in [0, 0.05) is 13.7 Å². The number of aromatic nitrogens is 4. The van der Waals surface area contributed by atoms with Crippen LogP contribution in [0.5, 0.6) is 0 Å². The van der Waals surface area contributed by atoms with Crippen LogP contribution in [-0.4, -0.2) is 76.3 Å². The highest BCUT2D eigenvalue weighted by Crippen LogP contribution is 2.33. The van der Waals surface area contributed by atoms with Crippen molar-refractivity contribution >= 4 is 5.91 Å². The summed E-state index contributed by atoms with van der Waals surface area (Å²) in [6.07, 6.45) is 6.89. The summed E-state index contributed by atoms with van der Waals surface area (Å²) in [6.45, 7) is 3.80. The van der Waals surface area contributed by atoms with Crippen molar-refractivity contribution in [3.63, 3.8) is 0 Å². The van der Waals surface area contributed by atoms with E-state index in [0.29, 0.717) is 12.6 Å². The Morgan fingerprint density at radius 1 is 0.909 bits per heavy atom. The summed E-state index contributed by atoms with van der Waals surface area (Å²) in [5.41, 5.74) is 6.40. The van der Waals surface area contributed by atoms with Gasteiger partial charge in [-0.25, -0.2) is 9.97 Å². The number of amides is 1. The molecule has 5 heterocycles. The number of methoxy groups -OCH3 is 1. The van der Waals surface area contributed by atoms with Gasteiger partial charge >= 0.3 is 0 Å². The molecule has 11 nitrogen and oxygen atoms in total. The van der Waals surface area contributed by atoms with Gasteiger partial charge in [0.05, 0.1) is 42.0 Å². The molecule has 2 aromatic carbocycles. The Morgan fingerprint density at radius 2 is 1.52 bits per heavy atom. The van der Waals surface area contributed by atoms with Crippen LogP contribution in [-0.2, 0) is 19.0 Å². The van der Waals surface area contributed by atoms with Gasteiger partial charge in [0.15, 0.2) is 6.79 Å². The zero-order valence-electron chi connectivity index (χ0n) is 25.1. The summed E-state index contributed by atoms with van der Waals surface area (Å²) >= 11 is 0. The monoisotopic (exact) mass is 597 g/mol. The van der Waals surface area contributed by atoms with E-state index in [4.69, 9.17) is 19.2 Å². The lowest BCUT2D eigenvalue weighted by molar-refractivity contribution is -0.336. The van der Waals surface area contributed by atoms with Gasteiger partial charge in [0.2, 0.25) is 12.3 Å². The van der Waals surface area contributed by atoms with E-state index in [-0.39, 0.29) is 24.8 Å². The van der Waals surface area contributed by atoms with Crippen molar-refractivity contribution in [1.82, 2.24) is 35.5 Å². The van der Waals surface area contributed by atoms with Gasteiger partial charge in [0.25, 0.3) is 0 Å². The van der Waals surface area contributed by atoms with E-state index in [1.807, 2.05) is 24.2 Å². The van der Waals surface area contributed by atoms with Crippen LogP contribution in [0, 0.1) is 0 Å². The lowest BCUT2D eigenvalue weighted by atomic mass is 10.0. The van der Waals surface area contributed by atoms with Gasteiger partial charge in [-0.3, -0.25) is 10.1 Å². The molecule has 11 heteroatoms. The average Bonchev–Trinajstić information content (AvgIpc) is 3.86. The molecule has 4 atom stereocenters. The second kappa shape index (κ2) is 12.6. The highest BCUT2D eigenvalue weighted by molar-refractivity contribution is 5.83. The molecule has 7 rings (SSSR count). The number of hydrogen-bond acceptors (Lipinski definition) is 8. The average molecular weight is 598 g/mol. The maximum absolute atomic E-state index is 13.6. The Bertz CT molecular complexity index is 1560. The number of carbonyl (C=O) groups is 1. The largest absolute Gasteiger partial charge is 0.380 e. The number of rotatable bonds is 10. The number of likely N-dealkylation sites (tertiary alicyclic amines) is 1. The number of nitrogens with one attached hydrogen (secondary N) is 4. The zero-order valence-corrected chi connectivity index (χ0v) is 25.1. The van der Waals surface area contributed by atoms with Crippen molar-refractivity contribution < 1.29 is 19.0 Å². The number of carbonyl (C=O) groups excluding carboxylic acids is 1. The number of nitrogens with zero attached hydrogens (tertiary/aromatic N) is 3. The summed E-state index contributed by atoms with van der Waals surface area (Å²) in [4.78, 5) is 31.8. The summed E-state index contributed by atoms with van der Waals surface area (Å²) in [5, 5.41) is 6.62. The zero-order chi connectivity index (χ0) is 30.0. The van der Waals surface area contributed by atoms with Crippen molar-refractivity contribution in [2.24, 2.45) is 0 Å². The van der Waals surface area contributed by atoms with Crippen LogP contribution in [0.2, 0.25) is 0 Å². The smallest absolute Gasteiger partial charge is 0.243 e. The van der Waals surface area contributed by atoms with Crippen LogP contribution in [0.15, 0.2) is 60.9 Å². The Labute approximate surface area is 256 Å². The fourth-order valence-corrected chi connectivity index (χ4v) is 6.33. The number of H-pyrrole nitrogens is 2. The minimum absolute atomic E-state index is 0.0481. The lowest BCUT2D eigenvalue weighted by Crippen LogP contribution is -2.58. The molecule has 0 saturated carbocycles.